The van der Waals surface area contributed by atoms with Crippen LogP contribution in [0.5, 0.6) is 0 Å². The van der Waals surface area contributed by atoms with Crippen LogP contribution < -0.4 is 15.5 Å². The van der Waals surface area contributed by atoms with Gasteiger partial charge < -0.3 is 15.5 Å². The van der Waals surface area contributed by atoms with Gasteiger partial charge in [0.15, 0.2) is 0 Å². The van der Waals surface area contributed by atoms with Gasteiger partial charge in [-0.15, -0.1) is 0 Å². The maximum absolute atomic E-state index is 11.7. The molecule has 1 saturated heterocycles. The first kappa shape index (κ1) is 15.8. The Hall–Kier alpha value is -1.59. The zero-order valence-corrected chi connectivity index (χ0v) is 12.9. The maximum Gasteiger partial charge on any atom is 0.227 e. The van der Waals surface area contributed by atoms with Crippen LogP contribution >= 0.6 is 11.6 Å². The molecule has 0 bridgehead atoms. The lowest BCUT2D eigenvalue weighted by atomic mass is 10.2. The molecule has 5 nitrogen and oxygen atoms in total. The van der Waals surface area contributed by atoms with Crippen molar-refractivity contribution in [3.05, 3.63) is 23.2 Å². The Morgan fingerprint density at radius 3 is 2.86 bits per heavy atom. The molecule has 1 aromatic rings. The van der Waals surface area contributed by atoms with Gasteiger partial charge in [-0.3, -0.25) is 9.59 Å². The summed E-state index contributed by atoms with van der Waals surface area (Å²) in [5.41, 5.74) is 1.36. The van der Waals surface area contributed by atoms with Gasteiger partial charge in [0.2, 0.25) is 11.8 Å². The van der Waals surface area contributed by atoms with E-state index in [2.05, 4.69) is 10.6 Å². The smallest absolute Gasteiger partial charge is 0.227 e. The lowest BCUT2D eigenvalue weighted by Gasteiger charge is -2.18. The van der Waals surface area contributed by atoms with E-state index in [9.17, 15) is 9.59 Å². The van der Waals surface area contributed by atoms with Crippen LogP contribution in [0.3, 0.4) is 0 Å². The van der Waals surface area contributed by atoms with E-state index in [1.165, 1.54) is 0 Å². The van der Waals surface area contributed by atoms with Crippen LogP contribution in [0.25, 0.3) is 0 Å². The molecule has 2 rings (SSSR count). The zero-order valence-electron chi connectivity index (χ0n) is 12.1. The first-order chi connectivity index (χ1) is 10.1. The van der Waals surface area contributed by atoms with Crippen LogP contribution in [0.1, 0.15) is 26.2 Å². The molecule has 2 N–H and O–H groups in total. The van der Waals surface area contributed by atoms with E-state index in [1.54, 1.807) is 23.1 Å². The highest BCUT2D eigenvalue weighted by molar-refractivity contribution is 6.34. The molecular weight excluding hydrogens is 290 g/mol. The van der Waals surface area contributed by atoms with E-state index in [-0.39, 0.29) is 11.8 Å². The number of anilines is 2. The number of carbonyl (C=O) groups is 2. The fraction of sp³-hybridized carbons (Fsp3) is 0.467. The maximum atomic E-state index is 11.7. The Bertz CT molecular complexity index is 534. The Labute approximate surface area is 129 Å². The Morgan fingerprint density at radius 1 is 1.43 bits per heavy atom. The summed E-state index contributed by atoms with van der Waals surface area (Å²) in [5.74, 6) is 0.0383. The second-order valence-electron chi connectivity index (χ2n) is 4.97. The van der Waals surface area contributed by atoms with Gasteiger partial charge in [0.25, 0.3) is 0 Å². The third-order valence-corrected chi connectivity index (χ3v) is 3.68. The van der Waals surface area contributed by atoms with E-state index in [1.807, 2.05) is 6.92 Å². The monoisotopic (exact) mass is 309 g/mol. The van der Waals surface area contributed by atoms with Crippen LogP contribution in [0.4, 0.5) is 11.4 Å². The van der Waals surface area contributed by atoms with Crippen molar-refractivity contribution in [2.75, 3.05) is 29.9 Å². The highest BCUT2D eigenvalue weighted by Gasteiger charge is 2.23. The van der Waals surface area contributed by atoms with Crippen LogP contribution in [-0.4, -0.2) is 31.4 Å². The molecule has 1 aliphatic heterocycles. The van der Waals surface area contributed by atoms with E-state index in [0.29, 0.717) is 42.3 Å². The van der Waals surface area contributed by atoms with Gasteiger partial charge in [0, 0.05) is 31.6 Å². The highest BCUT2D eigenvalue weighted by atomic mass is 35.5. The van der Waals surface area contributed by atoms with Crippen LogP contribution in [-0.2, 0) is 9.59 Å². The first-order valence-corrected chi connectivity index (χ1v) is 7.60. The van der Waals surface area contributed by atoms with Crippen molar-refractivity contribution >= 4 is 34.8 Å². The molecule has 21 heavy (non-hydrogen) atoms. The zero-order chi connectivity index (χ0) is 15.2. The van der Waals surface area contributed by atoms with Crippen molar-refractivity contribution in [3.63, 3.8) is 0 Å². The van der Waals surface area contributed by atoms with E-state index >= 15 is 0 Å². The van der Waals surface area contributed by atoms with Gasteiger partial charge in [-0.05, 0) is 31.2 Å². The van der Waals surface area contributed by atoms with Crippen LogP contribution in [0, 0.1) is 0 Å². The molecule has 1 aromatic carbocycles. The molecule has 0 atom stereocenters. The standard InChI is InChI=1S/C15H20ClN3O2/c1-2-17-8-7-14(20)18-11-5-6-13(12(16)10-11)19-9-3-4-15(19)21/h5-6,10,17H,2-4,7-9H2,1H3,(H,18,20). The van der Waals surface area contributed by atoms with Crippen LogP contribution in [0.2, 0.25) is 5.02 Å². The quantitative estimate of drug-likeness (QED) is 0.793. The third-order valence-electron chi connectivity index (χ3n) is 3.37. The second kappa shape index (κ2) is 7.43. The molecule has 6 heteroatoms. The number of nitrogens with zero attached hydrogens (tertiary/aromatic N) is 1. The van der Waals surface area contributed by atoms with Gasteiger partial charge in [-0.2, -0.15) is 0 Å². The number of benzene rings is 1. The van der Waals surface area contributed by atoms with Gasteiger partial charge >= 0.3 is 0 Å². The lowest BCUT2D eigenvalue weighted by molar-refractivity contribution is -0.117. The SMILES string of the molecule is CCNCCC(=O)Nc1ccc(N2CCCC2=O)c(Cl)c1. The summed E-state index contributed by atoms with van der Waals surface area (Å²) in [5, 5.41) is 6.38. The number of carbonyl (C=O) groups excluding carboxylic acids is 2. The van der Waals surface area contributed by atoms with Crippen molar-refractivity contribution < 1.29 is 9.59 Å². The molecule has 1 heterocycles. The average molecular weight is 310 g/mol. The van der Waals surface area contributed by atoms with Crippen molar-refractivity contribution in [1.29, 1.82) is 0 Å². The van der Waals surface area contributed by atoms with Gasteiger partial charge in [0.05, 0.1) is 10.7 Å². The fourth-order valence-electron chi connectivity index (χ4n) is 2.31. The second-order valence-corrected chi connectivity index (χ2v) is 5.37. The number of hydrogen-bond acceptors (Lipinski definition) is 3. The largest absolute Gasteiger partial charge is 0.326 e. The molecule has 114 valence electrons. The van der Waals surface area contributed by atoms with E-state index in [4.69, 9.17) is 11.6 Å². The summed E-state index contributed by atoms with van der Waals surface area (Å²) in [7, 11) is 0. The van der Waals surface area contributed by atoms with Gasteiger partial charge in [-0.25, -0.2) is 0 Å². The van der Waals surface area contributed by atoms with Crippen LogP contribution in [0.15, 0.2) is 18.2 Å². The Kier molecular flexibility index (Phi) is 5.59. The van der Waals surface area contributed by atoms with Crippen molar-refractivity contribution in [1.82, 2.24) is 5.32 Å². The molecule has 0 radical (unpaired) electrons. The predicted octanol–water partition coefficient (Wildman–Crippen LogP) is 2.40. The fourth-order valence-corrected chi connectivity index (χ4v) is 2.59. The Balaban J connectivity index is 1.98. The average Bonchev–Trinajstić information content (AvgIpc) is 2.85. The van der Waals surface area contributed by atoms with Crippen molar-refractivity contribution in [2.24, 2.45) is 0 Å². The third kappa shape index (κ3) is 4.19. The molecule has 0 aromatic heterocycles. The van der Waals surface area contributed by atoms with E-state index in [0.717, 1.165) is 13.0 Å². The Morgan fingerprint density at radius 2 is 2.24 bits per heavy atom. The minimum absolute atomic E-state index is 0.0583. The molecule has 0 aliphatic carbocycles. The summed E-state index contributed by atoms with van der Waals surface area (Å²) in [6.45, 7) is 4.19. The first-order valence-electron chi connectivity index (χ1n) is 7.22. The minimum Gasteiger partial charge on any atom is -0.326 e. The number of rotatable bonds is 6. The topological polar surface area (TPSA) is 61.4 Å². The number of nitrogens with one attached hydrogen (secondary N) is 2. The number of halogens is 1. The number of amides is 2. The minimum atomic E-state index is -0.0583. The summed E-state index contributed by atoms with van der Waals surface area (Å²) in [6.07, 6.45) is 1.84. The summed E-state index contributed by atoms with van der Waals surface area (Å²) in [4.78, 5) is 25.2. The van der Waals surface area contributed by atoms with Gasteiger partial charge in [0.1, 0.15) is 0 Å². The summed E-state index contributed by atoms with van der Waals surface area (Å²) >= 11 is 6.23. The molecule has 0 saturated carbocycles. The summed E-state index contributed by atoms with van der Waals surface area (Å²) < 4.78 is 0. The van der Waals surface area contributed by atoms with Crippen molar-refractivity contribution in [3.8, 4) is 0 Å². The predicted molar refractivity (Wildman–Crippen MR) is 84.8 cm³/mol. The molecule has 0 unspecified atom stereocenters. The van der Waals surface area contributed by atoms with E-state index < -0.39 is 0 Å². The number of hydrogen-bond donors (Lipinski definition) is 2. The molecule has 2 amide bonds. The molecule has 1 aliphatic rings. The summed E-state index contributed by atoms with van der Waals surface area (Å²) in [6, 6.07) is 5.25. The molecular formula is C15H20ClN3O2. The molecule has 0 spiro atoms. The lowest BCUT2D eigenvalue weighted by Crippen LogP contribution is -2.24. The normalized spacial score (nSPS) is 14.6. The van der Waals surface area contributed by atoms with Gasteiger partial charge in [-0.1, -0.05) is 18.5 Å². The van der Waals surface area contributed by atoms with Crippen molar-refractivity contribution in [2.45, 2.75) is 26.2 Å². The highest BCUT2D eigenvalue weighted by Crippen LogP contribution is 2.31. The molecule has 1 fully saturated rings.